The number of hydrogen-bond acceptors (Lipinski definition) is 4. The molecule has 0 unspecified atom stereocenters. The van der Waals surface area contributed by atoms with Crippen molar-refractivity contribution >= 4 is 49.7 Å². The van der Waals surface area contributed by atoms with E-state index in [-0.39, 0.29) is 10.6 Å². The zero-order chi connectivity index (χ0) is 27.5. The van der Waals surface area contributed by atoms with E-state index in [0.717, 1.165) is 22.9 Å². The maximum absolute atomic E-state index is 13.1. The first kappa shape index (κ1) is 27.3. The molecule has 0 aromatic heterocycles. The van der Waals surface area contributed by atoms with Gasteiger partial charge in [0.25, 0.3) is 15.9 Å². The van der Waals surface area contributed by atoms with Crippen LogP contribution in [-0.4, -0.2) is 20.4 Å². The normalized spacial score (nSPS) is 12.7. The molecule has 4 aromatic rings. The van der Waals surface area contributed by atoms with Gasteiger partial charge in [0.2, 0.25) is 0 Å². The van der Waals surface area contributed by atoms with Crippen LogP contribution in [0.15, 0.2) is 89.8 Å². The van der Waals surface area contributed by atoms with Crippen LogP contribution in [-0.2, 0) is 21.0 Å². The second kappa shape index (κ2) is 10.9. The fourth-order valence-corrected chi connectivity index (χ4v) is 5.01. The van der Waals surface area contributed by atoms with Gasteiger partial charge in [-0.15, -0.1) is 0 Å². The number of carbonyl (C=O) groups is 1. The molecule has 0 fully saturated rings. The van der Waals surface area contributed by atoms with E-state index in [0.29, 0.717) is 23.9 Å². The van der Waals surface area contributed by atoms with Crippen LogP contribution in [0.4, 0.5) is 24.5 Å². The maximum atomic E-state index is 13.1. The highest BCUT2D eigenvalue weighted by Gasteiger charge is 2.33. The van der Waals surface area contributed by atoms with Crippen LogP contribution >= 0.6 is 11.6 Å². The fourth-order valence-electron chi connectivity index (χ4n) is 3.73. The summed E-state index contributed by atoms with van der Waals surface area (Å²) in [5, 5.41) is 3.99. The van der Waals surface area contributed by atoms with Crippen molar-refractivity contribution in [3.8, 4) is 5.75 Å². The lowest BCUT2D eigenvalue weighted by atomic mass is 10.1. The van der Waals surface area contributed by atoms with Crippen LogP contribution < -0.4 is 14.8 Å². The summed E-state index contributed by atoms with van der Waals surface area (Å²) in [6.07, 6.45) is -5.17. The monoisotopic (exact) mass is 562 g/mol. The quantitative estimate of drug-likeness (QED) is 0.240. The minimum atomic E-state index is -4.74. The van der Waals surface area contributed by atoms with Crippen molar-refractivity contribution in [1.82, 2.24) is 0 Å². The first-order chi connectivity index (χ1) is 18.0. The van der Waals surface area contributed by atoms with E-state index in [4.69, 9.17) is 16.3 Å². The molecule has 0 bridgehead atoms. The van der Waals surface area contributed by atoms with Crippen LogP contribution in [0.25, 0.3) is 10.8 Å². The van der Waals surface area contributed by atoms with Gasteiger partial charge in [-0.1, -0.05) is 54.9 Å². The second-order valence-corrected chi connectivity index (χ2v) is 10.4. The van der Waals surface area contributed by atoms with Gasteiger partial charge in [-0.3, -0.25) is 9.52 Å². The predicted octanol–water partition coefficient (Wildman–Crippen LogP) is 7.11. The van der Waals surface area contributed by atoms with E-state index in [1.54, 1.807) is 13.0 Å². The van der Waals surface area contributed by atoms with E-state index in [9.17, 15) is 26.4 Å². The summed E-state index contributed by atoms with van der Waals surface area (Å²) in [6, 6.07) is 21.1. The zero-order valence-electron chi connectivity index (χ0n) is 19.9. The Morgan fingerprint density at radius 3 is 2.29 bits per heavy atom. The number of carbonyl (C=O) groups excluding carboxylic acids is 1. The summed E-state index contributed by atoms with van der Waals surface area (Å²) < 4.78 is 72.8. The molecule has 198 valence electrons. The lowest BCUT2D eigenvalue weighted by Gasteiger charge is -2.19. The number of hydrogen-bond donors (Lipinski definition) is 2. The Morgan fingerprint density at radius 1 is 0.947 bits per heavy atom. The average molecular weight is 563 g/mol. The Balaban J connectivity index is 1.46. The molecular weight excluding hydrogens is 541 g/mol. The number of amides is 1. The van der Waals surface area contributed by atoms with Crippen LogP contribution in [0.1, 0.15) is 18.9 Å². The minimum absolute atomic E-state index is 0.210. The number of sulfonamides is 1. The minimum Gasteiger partial charge on any atom is -0.480 e. The molecule has 0 saturated heterocycles. The van der Waals surface area contributed by atoms with Crippen molar-refractivity contribution in [3.63, 3.8) is 0 Å². The largest absolute Gasteiger partial charge is 0.480 e. The van der Waals surface area contributed by atoms with Crippen LogP contribution in [0.3, 0.4) is 0 Å². The van der Waals surface area contributed by atoms with Gasteiger partial charge in [-0.25, -0.2) is 8.42 Å². The fraction of sp³-hybridized carbons (Fsp3) is 0.148. The third kappa shape index (κ3) is 6.20. The number of halogens is 4. The van der Waals surface area contributed by atoms with Gasteiger partial charge in [-0.05, 0) is 60.3 Å². The third-order valence-electron chi connectivity index (χ3n) is 5.64. The van der Waals surface area contributed by atoms with Crippen molar-refractivity contribution in [3.05, 3.63) is 95.5 Å². The van der Waals surface area contributed by atoms with Crippen molar-refractivity contribution in [2.45, 2.75) is 30.5 Å². The number of alkyl halides is 3. The third-order valence-corrected chi connectivity index (χ3v) is 7.37. The Bertz CT molecular complexity index is 1570. The molecule has 11 heteroatoms. The van der Waals surface area contributed by atoms with Gasteiger partial charge in [0.1, 0.15) is 5.75 Å². The highest BCUT2D eigenvalue weighted by molar-refractivity contribution is 7.92. The summed E-state index contributed by atoms with van der Waals surface area (Å²) in [7, 11) is -4.21. The lowest BCUT2D eigenvalue weighted by Crippen LogP contribution is -2.32. The van der Waals surface area contributed by atoms with E-state index in [1.165, 1.54) is 24.3 Å². The Morgan fingerprint density at radius 2 is 1.61 bits per heavy atom. The highest BCUT2D eigenvalue weighted by Crippen LogP contribution is 2.36. The molecule has 0 spiro atoms. The van der Waals surface area contributed by atoms with Gasteiger partial charge < -0.3 is 10.1 Å². The summed E-state index contributed by atoms with van der Waals surface area (Å²) in [6.45, 7) is 1.80. The summed E-state index contributed by atoms with van der Waals surface area (Å²) in [4.78, 5) is 12.7. The van der Waals surface area contributed by atoms with Crippen molar-refractivity contribution in [2.75, 3.05) is 10.0 Å². The molecule has 0 radical (unpaired) electrons. The molecule has 38 heavy (non-hydrogen) atoms. The standard InChI is InChI=1S/C27H22ClF3N2O4S/c1-2-24(37-25-9-5-7-17-6-3-4-8-21(17)25)26(34)32-18-10-13-20(14-11-18)38(35,36)33-19-12-15-23(28)22(16-19)27(29,30)31/h3-16,24,33H,2H2,1H3,(H,32,34)/t24-/m0/s1. The van der Waals surface area contributed by atoms with E-state index >= 15 is 0 Å². The molecule has 4 aromatic carbocycles. The van der Waals surface area contributed by atoms with Gasteiger partial charge in [0.05, 0.1) is 15.5 Å². The first-order valence-electron chi connectivity index (χ1n) is 11.4. The smallest absolute Gasteiger partial charge is 0.417 e. The molecule has 4 rings (SSSR count). The Labute approximate surface area is 222 Å². The average Bonchev–Trinajstić information content (AvgIpc) is 2.88. The molecule has 0 aliphatic heterocycles. The molecule has 1 atom stereocenters. The van der Waals surface area contributed by atoms with E-state index in [1.807, 2.05) is 36.4 Å². The maximum Gasteiger partial charge on any atom is 0.417 e. The van der Waals surface area contributed by atoms with Crippen molar-refractivity contribution < 1.29 is 31.1 Å². The van der Waals surface area contributed by atoms with E-state index in [2.05, 4.69) is 10.0 Å². The van der Waals surface area contributed by atoms with E-state index < -0.39 is 38.8 Å². The molecule has 0 aliphatic carbocycles. The lowest BCUT2D eigenvalue weighted by molar-refractivity contribution is -0.137. The number of nitrogens with one attached hydrogen (secondary N) is 2. The van der Waals surface area contributed by atoms with Gasteiger partial charge >= 0.3 is 6.18 Å². The van der Waals surface area contributed by atoms with Crippen LogP contribution in [0.2, 0.25) is 5.02 Å². The number of fused-ring (bicyclic) bond motifs is 1. The number of rotatable bonds is 8. The number of benzene rings is 4. The summed E-state index contributed by atoms with van der Waals surface area (Å²) in [5.74, 6) is 0.142. The Kier molecular flexibility index (Phi) is 7.84. The van der Waals surface area contributed by atoms with Crippen molar-refractivity contribution in [2.24, 2.45) is 0 Å². The Hall–Kier alpha value is -3.76. The van der Waals surface area contributed by atoms with Gasteiger partial charge in [-0.2, -0.15) is 13.2 Å². The highest BCUT2D eigenvalue weighted by atomic mass is 35.5. The number of ether oxygens (including phenoxy) is 1. The first-order valence-corrected chi connectivity index (χ1v) is 13.3. The van der Waals surface area contributed by atoms with Gasteiger partial charge in [0.15, 0.2) is 6.10 Å². The molecule has 6 nitrogen and oxygen atoms in total. The second-order valence-electron chi connectivity index (χ2n) is 8.30. The molecule has 2 N–H and O–H groups in total. The SMILES string of the molecule is CC[C@H](Oc1cccc2ccccc12)C(=O)Nc1ccc(S(=O)(=O)Nc2ccc(Cl)c(C(F)(F)F)c2)cc1. The summed E-state index contributed by atoms with van der Waals surface area (Å²) in [5.41, 5.74) is -1.14. The van der Waals surface area contributed by atoms with Crippen LogP contribution in [0, 0.1) is 0 Å². The topological polar surface area (TPSA) is 84.5 Å². The molecular formula is C27H22ClF3N2O4S. The molecule has 0 aliphatic rings. The zero-order valence-corrected chi connectivity index (χ0v) is 21.5. The number of anilines is 2. The van der Waals surface area contributed by atoms with Crippen molar-refractivity contribution in [1.29, 1.82) is 0 Å². The molecule has 0 heterocycles. The predicted molar refractivity (Wildman–Crippen MR) is 141 cm³/mol. The van der Waals surface area contributed by atoms with Gasteiger partial charge in [0, 0.05) is 16.8 Å². The molecule has 1 amide bonds. The molecule has 0 saturated carbocycles. The van der Waals surface area contributed by atoms with Crippen LogP contribution in [0.5, 0.6) is 5.75 Å². The summed E-state index contributed by atoms with van der Waals surface area (Å²) >= 11 is 5.59.